The average molecular weight is 266 g/mol. The van der Waals surface area contributed by atoms with Crippen LogP contribution in [0.1, 0.15) is 10.4 Å². The minimum atomic E-state index is -0.751. The average Bonchev–Trinajstić information content (AvgIpc) is 2.44. The Bertz CT molecular complexity index is 408. The molecule has 1 unspecified atom stereocenters. The number of methoxy groups -OCH3 is 1. The van der Waals surface area contributed by atoms with E-state index in [9.17, 15) is 14.7 Å². The second-order valence-electron chi connectivity index (χ2n) is 3.96. The molecule has 19 heavy (non-hydrogen) atoms. The van der Waals surface area contributed by atoms with Crippen molar-refractivity contribution in [1.29, 1.82) is 0 Å². The summed E-state index contributed by atoms with van der Waals surface area (Å²) in [6.45, 7) is 0.109. The van der Waals surface area contributed by atoms with E-state index in [0.717, 1.165) is 0 Å². The lowest BCUT2D eigenvalue weighted by Gasteiger charge is -2.11. The number of hydrogen-bond donors (Lipinski definition) is 3. The second-order valence-corrected chi connectivity index (χ2v) is 3.96. The lowest BCUT2D eigenvalue weighted by Crippen LogP contribution is -2.40. The van der Waals surface area contributed by atoms with Crippen LogP contribution in [-0.4, -0.2) is 49.8 Å². The Balaban J connectivity index is 2.25. The maximum Gasteiger partial charge on any atom is 0.251 e. The Morgan fingerprint density at radius 3 is 2.58 bits per heavy atom. The van der Waals surface area contributed by atoms with Crippen molar-refractivity contribution in [2.75, 3.05) is 26.8 Å². The fourth-order valence-electron chi connectivity index (χ4n) is 1.40. The molecule has 0 aliphatic rings. The topological polar surface area (TPSA) is 87.7 Å². The number of carbonyl (C=O) groups is 2. The molecule has 0 spiro atoms. The van der Waals surface area contributed by atoms with Crippen LogP contribution >= 0.6 is 0 Å². The molecule has 6 heteroatoms. The third kappa shape index (κ3) is 5.98. The number of nitrogens with one attached hydrogen (secondary N) is 2. The van der Waals surface area contributed by atoms with Gasteiger partial charge in [-0.05, 0) is 12.1 Å². The van der Waals surface area contributed by atoms with E-state index >= 15 is 0 Å². The molecule has 1 aromatic rings. The molecule has 1 aromatic carbocycles. The van der Waals surface area contributed by atoms with E-state index in [4.69, 9.17) is 4.74 Å². The van der Waals surface area contributed by atoms with Crippen LogP contribution in [0.4, 0.5) is 0 Å². The number of amides is 2. The van der Waals surface area contributed by atoms with E-state index in [0.29, 0.717) is 5.56 Å². The first-order valence-corrected chi connectivity index (χ1v) is 5.90. The van der Waals surface area contributed by atoms with Gasteiger partial charge in [0, 0.05) is 19.2 Å². The van der Waals surface area contributed by atoms with Crippen LogP contribution in [-0.2, 0) is 9.53 Å². The fraction of sp³-hybridized carbons (Fsp3) is 0.385. The van der Waals surface area contributed by atoms with Gasteiger partial charge in [-0.25, -0.2) is 0 Å². The van der Waals surface area contributed by atoms with Gasteiger partial charge >= 0.3 is 0 Å². The zero-order valence-corrected chi connectivity index (χ0v) is 10.8. The molecule has 0 bridgehead atoms. The van der Waals surface area contributed by atoms with Crippen LogP contribution in [0.2, 0.25) is 0 Å². The molecule has 0 aromatic heterocycles. The van der Waals surface area contributed by atoms with E-state index in [1.54, 1.807) is 30.3 Å². The molecule has 104 valence electrons. The van der Waals surface area contributed by atoms with E-state index in [1.807, 2.05) is 0 Å². The van der Waals surface area contributed by atoms with Gasteiger partial charge in [0.15, 0.2) is 0 Å². The number of benzene rings is 1. The van der Waals surface area contributed by atoms with Gasteiger partial charge in [-0.1, -0.05) is 18.2 Å². The molecule has 0 radical (unpaired) electrons. The quantitative estimate of drug-likeness (QED) is 0.623. The molecular weight excluding hydrogens is 248 g/mol. The maximum atomic E-state index is 11.6. The highest BCUT2D eigenvalue weighted by atomic mass is 16.5. The number of aliphatic hydroxyl groups is 1. The number of ether oxygens (including phenoxy) is 1. The Morgan fingerprint density at radius 2 is 1.95 bits per heavy atom. The summed E-state index contributed by atoms with van der Waals surface area (Å²) in [6.07, 6.45) is -0.751. The number of aliphatic hydroxyl groups excluding tert-OH is 1. The predicted molar refractivity (Wildman–Crippen MR) is 69.7 cm³/mol. The molecule has 0 saturated heterocycles. The standard InChI is InChI=1S/C13H18N2O4/c1-19-9-11(16)7-14-12(17)8-15-13(18)10-5-3-2-4-6-10/h2-6,11,16H,7-9H2,1H3,(H,14,17)(H,15,18). The SMILES string of the molecule is COCC(O)CNC(=O)CNC(=O)c1ccccc1. The lowest BCUT2D eigenvalue weighted by atomic mass is 10.2. The fourth-order valence-corrected chi connectivity index (χ4v) is 1.40. The van der Waals surface area contributed by atoms with Crippen molar-refractivity contribution >= 4 is 11.8 Å². The van der Waals surface area contributed by atoms with E-state index in [1.165, 1.54) is 7.11 Å². The monoisotopic (exact) mass is 266 g/mol. The summed E-state index contributed by atoms with van der Waals surface area (Å²) in [5.41, 5.74) is 0.495. The molecule has 1 rings (SSSR count). The van der Waals surface area contributed by atoms with Crippen molar-refractivity contribution in [3.05, 3.63) is 35.9 Å². The first kappa shape index (κ1) is 15.1. The van der Waals surface area contributed by atoms with Crippen LogP contribution in [0.3, 0.4) is 0 Å². The van der Waals surface area contributed by atoms with Crippen LogP contribution in [0.25, 0.3) is 0 Å². The lowest BCUT2D eigenvalue weighted by molar-refractivity contribution is -0.120. The third-order valence-electron chi connectivity index (χ3n) is 2.34. The molecule has 6 nitrogen and oxygen atoms in total. The summed E-state index contributed by atoms with van der Waals surface area (Å²) in [5, 5.41) is 14.3. The van der Waals surface area contributed by atoms with Crippen molar-refractivity contribution in [3.8, 4) is 0 Å². The molecule has 0 heterocycles. The summed E-state index contributed by atoms with van der Waals surface area (Å²) in [5.74, 6) is -0.673. The zero-order valence-electron chi connectivity index (χ0n) is 10.8. The largest absolute Gasteiger partial charge is 0.389 e. The number of carbonyl (C=O) groups excluding carboxylic acids is 2. The highest BCUT2D eigenvalue weighted by Crippen LogP contribution is 1.97. The van der Waals surface area contributed by atoms with Crippen LogP contribution < -0.4 is 10.6 Å². The normalized spacial score (nSPS) is 11.7. The summed E-state index contributed by atoms with van der Waals surface area (Å²) >= 11 is 0. The molecule has 1 atom stereocenters. The molecule has 0 aliphatic heterocycles. The van der Waals surface area contributed by atoms with E-state index in [-0.39, 0.29) is 31.5 Å². The van der Waals surface area contributed by atoms with Gasteiger partial charge in [0.25, 0.3) is 5.91 Å². The van der Waals surface area contributed by atoms with Gasteiger partial charge < -0.3 is 20.5 Å². The van der Waals surface area contributed by atoms with Crippen LogP contribution in [0.15, 0.2) is 30.3 Å². The van der Waals surface area contributed by atoms with Crippen LogP contribution in [0, 0.1) is 0 Å². The highest BCUT2D eigenvalue weighted by molar-refractivity contribution is 5.96. The van der Waals surface area contributed by atoms with E-state index < -0.39 is 6.10 Å². The Labute approximate surface area is 111 Å². The van der Waals surface area contributed by atoms with Gasteiger partial charge in [0.1, 0.15) is 0 Å². The van der Waals surface area contributed by atoms with Crippen molar-refractivity contribution in [2.24, 2.45) is 0 Å². The summed E-state index contributed by atoms with van der Waals surface area (Å²) in [4.78, 5) is 23.0. The highest BCUT2D eigenvalue weighted by Gasteiger charge is 2.09. The minimum Gasteiger partial charge on any atom is -0.389 e. The van der Waals surface area contributed by atoms with Crippen LogP contribution in [0.5, 0.6) is 0 Å². The number of hydrogen-bond acceptors (Lipinski definition) is 4. The van der Waals surface area contributed by atoms with Crippen molar-refractivity contribution < 1.29 is 19.4 Å². The van der Waals surface area contributed by atoms with Gasteiger partial charge in [-0.3, -0.25) is 9.59 Å². The number of rotatable bonds is 7. The van der Waals surface area contributed by atoms with Crippen molar-refractivity contribution in [1.82, 2.24) is 10.6 Å². The molecular formula is C13H18N2O4. The summed E-state index contributed by atoms with van der Waals surface area (Å²) in [6, 6.07) is 8.62. The van der Waals surface area contributed by atoms with E-state index in [2.05, 4.69) is 10.6 Å². The Morgan fingerprint density at radius 1 is 1.26 bits per heavy atom. The van der Waals surface area contributed by atoms with Gasteiger partial charge in [0.2, 0.25) is 5.91 Å². The van der Waals surface area contributed by atoms with Gasteiger partial charge in [-0.15, -0.1) is 0 Å². The summed E-state index contributed by atoms with van der Waals surface area (Å²) < 4.78 is 4.72. The van der Waals surface area contributed by atoms with Gasteiger partial charge in [-0.2, -0.15) is 0 Å². The Kier molecular flexibility index (Phi) is 6.56. The van der Waals surface area contributed by atoms with Crippen molar-refractivity contribution in [2.45, 2.75) is 6.10 Å². The molecule has 0 aliphatic carbocycles. The van der Waals surface area contributed by atoms with Gasteiger partial charge in [0.05, 0.1) is 19.3 Å². The maximum absolute atomic E-state index is 11.6. The first-order valence-electron chi connectivity index (χ1n) is 5.90. The summed E-state index contributed by atoms with van der Waals surface area (Å²) in [7, 11) is 1.46. The first-order chi connectivity index (χ1) is 9.13. The molecule has 2 amide bonds. The third-order valence-corrected chi connectivity index (χ3v) is 2.34. The second kappa shape index (κ2) is 8.23. The minimum absolute atomic E-state index is 0.0912. The molecule has 0 fully saturated rings. The Hall–Kier alpha value is -1.92. The zero-order chi connectivity index (χ0) is 14.1. The smallest absolute Gasteiger partial charge is 0.251 e. The predicted octanol–water partition coefficient (Wildman–Crippen LogP) is -0.460. The molecule has 3 N–H and O–H groups in total. The molecule has 0 saturated carbocycles. The van der Waals surface area contributed by atoms with Crippen molar-refractivity contribution in [3.63, 3.8) is 0 Å².